The van der Waals surface area contributed by atoms with Crippen LogP contribution < -0.4 is 0 Å². The molecule has 0 fully saturated rings. The molecule has 0 unspecified atom stereocenters. The molecule has 8 heteroatoms. The first-order valence-corrected chi connectivity index (χ1v) is 5.82. The third-order valence-electron chi connectivity index (χ3n) is 3.10. The third-order valence-corrected chi connectivity index (χ3v) is 3.10. The van der Waals surface area contributed by atoms with Gasteiger partial charge in [-0.2, -0.15) is 5.10 Å². The van der Waals surface area contributed by atoms with Crippen molar-refractivity contribution in [2.24, 2.45) is 0 Å². The van der Waals surface area contributed by atoms with Crippen molar-refractivity contribution in [2.45, 2.75) is 25.9 Å². The molecule has 0 aliphatic carbocycles. The molecule has 2 aromatic rings. The lowest BCUT2D eigenvalue weighted by Crippen LogP contribution is -2.36. The summed E-state index contributed by atoms with van der Waals surface area (Å²) in [5.74, 6) is 0.123. The quantitative estimate of drug-likeness (QED) is 0.779. The van der Waals surface area contributed by atoms with E-state index in [1.165, 1.54) is 6.33 Å². The molecule has 2 aromatic heterocycles. The number of aromatic nitrogens is 6. The van der Waals surface area contributed by atoms with Gasteiger partial charge in [0.05, 0.1) is 12.7 Å². The van der Waals surface area contributed by atoms with Crippen LogP contribution in [0.25, 0.3) is 0 Å². The summed E-state index contributed by atoms with van der Waals surface area (Å²) in [6.45, 7) is 1.89. The van der Waals surface area contributed by atoms with Gasteiger partial charge in [-0.1, -0.05) is 0 Å². The second kappa shape index (κ2) is 4.55. The van der Waals surface area contributed by atoms with Gasteiger partial charge in [-0.3, -0.25) is 9.89 Å². The Morgan fingerprint density at radius 1 is 1.50 bits per heavy atom. The van der Waals surface area contributed by atoms with Crippen LogP contribution in [0.4, 0.5) is 0 Å². The fraction of sp³-hybridized carbons (Fsp3) is 0.500. The van der Waals surface area contributed by atoms with Crippen LogP contribution in [0.2, 0.25) is 0 Å². The van der Waals surface area contributed by atoms with Crippen molar-refractivity contribution in [3.05, 3.63) is 23.8 Å². The largest absolute Gasteiger partial charge is 0.338 e. The minimum atomic E-state index is 0.123. The number of hydrogen-bond acceptors (Lipinski definition) is 5. The van der Waals surface area contributed by atoms with Crippen LogP contribution in [0.1, 0.15) is 17.7 Å². The molecule has 1 N–H and O–H groups in total. The zero-order valence-corrected chi connectivity index (χ0v) is 9.78. The molecule has 0 bridgehead atoms. The van der Waals surface area contributed by atoms with Crippen LogP contribution in [0, 0.1) is 0 Å². The molecule has 0 saturated heterocycles. The van der Waals surface area contributed by atoms with Gasteiger partial charge in [0.15, 0.2) is 0 Å². The van der Waals surface area contributed by atoms with E-state index < -0.39 is 0 Å². The maximum atomic E-state index is 12.0. The number of nitrogens with zero attached hydrogens (tertiary/aromatic N) is 6. The van der Waals surface area contributed by atoms with Crippen molar-refractivity contribution in [2.75, 3.05) is 6.54 Å². The Morgan fingerprint density at radius 3 is 3.28 bits per heavy atom. The summed E-state index contributed by atoms with van der Waals surface area (Å²) in [5, 5.41) is 17.7. The lowest BCUT2D eigenvalue weighted by atomic mass is 10.1. The number of nitrogens with one attached hydrogen (secondary N) is 1. The minimum Gasteiger partial charge on any atom is -0.338 e. The zero-order valence-electron chi connectivity index (χ0n) is 9.78. The van der Waals surface area contributed by atoms with E-state index in [1.807, 2.05) is 4.90 Å². The smallest absolute Gasteiger partial charge is 0.224 e. The molecule has 0 atom stereocenters. The standard InChI is InChI=1S/C10H13N7O/c18-10(2-4-17-7-12-14-15-17)16-3-1-9-8(6-16)5-11-13-9/h5,7H,1-4,6H2,(H,11,13). The highest BCUT2D eigenvalue weighted by molar-refractivity contribution is 5.76. The monoisotopic (exact) mass is 247 g/mol. The Morgan fingerprint density at radius 2 is 2.44 bits per heavy atom. The van der Waals surface area contributed by atoms with Gasteiger partial charge in [-0.25, -0.2) is 4.68 Å². The van der Waals surface area contributed by atoms with Crippen LogP contribution in [0.15, 0.2) is 12.5 Å². The summed E-state index contributed by atoms with van der Waals surface area (Å²) in [6, 6.07) is 0. The van der Waals surface area contributed by atoms with Gasteiger partial charge in [0.1, 0.15) is 6.33 Å². The Labute approximate surface area is 103 Å². The number of aryl methyl sites for hydroxylation is 1. The molecule has 1 aliphatic rings. The van der Waals surface area contributed by atoms with E-state index in [0.717, 1.165) is 24.2 Å². The fourth-order valence-corrected chi connectivity index (χ4v) is 2.09. The number of carbonyl (C=O) groups is 1. The van der Waals surface area contributed by atoms with E-state index in [0.29, 0.717) is 19.5 Å². The third kappa shape index (κ3) is 2.08. The number of tetrazole rings is 1. The molecule has 3 rings (SSSR count). The molecule has 0 spiro atoms. The Kier molecular flexibility index (Phi) is 2.75. The molecule has 1 amide bonds. The first kappa shape index (κ1) is 10.9. The molecule has 3 heterocycles. The SMILES string of the molecule is O=C(CCn1cnnn1)N1CCc2[nH]ncc2C1. The predicted octanol–water partition coefficient (Wildman–Crippen LogP) is -0.629. The van der Waals surface area contributed by atoms with Crippen molar-refractivity contribution in [1.82, 2.24) is 35.3 Å². The van der Waals surface area contributed by atoms with Gasteiger partial charge >= 0.3 is 0 Å². The number of fused-ring (bicyclic) bond motifs is 1. The van der Waals surface area contributed by atoms with Gasteiger partial charge in [-0.15, -0.1) is 5.10 Å². The summed E-state index contributed by atoms with van der Waals surface area (Å²) >= 11 is 0. The lowest BCUT2D eigenvalue weighted by Gasteiger charge is -2.26. The number of amides is 1. The fourth-order valence-electron chi connectivity index (χ4n) is 2.09. The predicted molar refractivity (Wildman–Crippen MR) is 60.1 cm³/mol. The zero-order chi connectivity index (χ0) is 12.4. The molecular weight excluding hydrogens is 234 g/mol. The maximum absolute atomic E-state index is 12.0. The van der Waals surface area contributed by atoms with Gasteiger partial charge in [0.25, 0.3) is 0 Å². The summed E-state index contributed by atoms with van der Waals surface area (Å²) in [5.41, 5.74) is 2.25. The first-order valence-electron chi connectivity index (χ1n) is 5.82. The second-order valence-electron chi connectivity index (χ2n) is 4.26. The van der Waals surface area contributed by atoms with E-state index in [2.05, 4.69) is 25.7 Å². The Bertz CT molecular complexity index is 532. The highest BCUT2D eigenvalue weighted by Gasteiger charge is 2.21. The van der Waals surface area contributed by atoms with Crippen LogP contribution in [0.3, 0.4) is 0 Å². The average molecular weight is 247 g/mol. The highest BCUT2D eigenvalue weighted by atomic mass is 16.2. The first-order chi connectivity index (χ1) is 8.83. The molecule has 18 heavy (non-hydrogen) atoms. The van der Waals surface area contributed by atoms with Gasteiger partial charge in [-0.05, 0) is 10.4 Å². The average Bonchev–Trinajstić information content (AvgIpc) is 3.05. The minimum absolute atomic E-state index is 0.123. The highest BCUT2D eigenvalue weighted by Crippen LogP contribution is 2.16. The van der Waals surface area contributed by atoms with Gasteiger partial charge < -0.3 is 4.90 Å². The molecule has 0 radical (unpaired) electrons. The number of aromatic amines is 1. The normalized spacial score (nSPS) is 14.6. The molecule has 8 nitrogen and oxygen atoms in total. The van der Waals surface area contributed by atoms with E-state index in [1.54, 1.807) is 10.9 Å². The van der Waals surface area contributed by atoms with Crippen LogP contribution in [-0.4, -0.2) is 47.8 Å². The van der Waals surface area contributed by atoms with Crippen molar-refractivity contribution in [3.8, 4) is 0 Å². The van der Waals surface area contributed by atoms with Crippen LogP contribution in [-0.2, 0) is 24.3 Å². The van der Waals surface area contributed by atoms with Crippen molar-refractivity contribution >= 4 is 5.91 Å². The van der Waals surface area contributed by atoms with E-state index in [9.17, 15) is 4.79 Å². The molecule has 0 saturated carbocycles. The van der Waals surface area contributed by atoms with Crippen LogP contribution >= 0.6 is 0 Å². The van der Waals surface area contributed by atoms with Crippen molar-refractivity contribution in [3.63, 3.8) is 0 Å². The molecule has 0 aromatic carbocycles. The Hall–Kier alpha value is -2.25. The number of hydrogen-bond donors (Lipinski definition) is 1. The lowest BCUT2D eigenvalue weighted by molar-refractivity contribution is -0.132. The van der Waals surface area contributed by atoms with Gasteiger partial charge in [0, 0.05) is 37.2 Å². The summed E-state index contributed by atoms with van der Waals surface area (Å²) in [7, 11) is 0. The maximum Gasteiger partial charge on any atom is 0.224 e. The van der Waals surface area contributed by atoms with Crippen molar-refractivity contribution < 1.29 is 4.79 Å². The summed E-state index contributed by atoms with van der Waals surface area (Å²) in [4.78, 5) is 13.9. The van der Waals surface area contributed by atoms with Crippen molar-refractivity contribution in [1.29, 1.82) is 0 Å². The molecule has 94 valence electrons. The number of carbonyl (C=O) groups excluding carboxylic acids is 1. The van der Waals surface area contributed by atoms with Gasteiger partial charge in [0.2, 0.25) is 5.91 Å². The van der Waals surface area contributed by atoms with E-state index >= 15 is 0 Å². The number of H-pyrrole nitrogens is 1. The molecule has 1 aliphatic heterocycles. The summed E-state index contributed by atoms with van der Waals surface area (Å²) in [6.07, 6.45) is 4.55. The van der Waals surface area contributed by atoms with E-state index in [4.69, 9.17) is 0 Å². The van der Waals surface area contributed by atoms with Crippen LogP contribution in [0.5, 0.6) is 0 Å². The molecular formula is C10H13N7O. The summed E-state index contributed by atoms with van der Waals surface area (Å²) < 4.78 is 1.56. The van der Waals surface area contributed by atoms with E-state index in [-0.39, 0.29) is 5.91 Å². The topological polar surface area (TPSA) is 92.6 Å². The second-order valence-corrected chi connectivity index (χ2v) is 4.26. The number of rotatable bonds is 3. The Balaban J connectivity index is 1.57.